The molecule has 2 heterocycles. The van der Waals surface area contributed by atoms with E-state index >= 15 is 0 Å². The Morgan fingerprint density at radius 2 is 1.92 bits per heavy atom. The molecule has 5 nitrogen and oxygen atoms in total. The van der Waals surface area contributed by atoms with Gasteiger partial charge in [-0.05, 0) is 49.3 Å². The van der Waals surface area contributed by atoms with Gasteiger partial charge in [0.2, 0.25) is 11.8 Å². The van der Waals surface area contributed by atoms with Crippen molar-refractivity contribution < 1.29 is 9.21 Å². The van der Waals surface area contributed by atoms with Gasteiger partial charge in [0.15, 0.2) is 0 Å². The summed E-state index contributed by atoms with van der Waals surface area (Å²) in [6.07, 6.45) is 4.41. The van der Waals surface area contributed by atoms with Crippen LogP contribution in [0.25, 0.3) is 11.5 Å². The zero-order valence-electron chi connectivity index (χ0n) is 14.6. The molecule has 6 heteroatoms. The number of hydrogen-bond donors (Lipinski definition) is 0. The number of nitrogens with zero attached hydrogens (tertiary/aromatic N) is 3. The van der Waals surface area contributed by atoms with Crippen molar-refractivity contribution in [2.75, 3.05) is 6.54 Å². The molecule has 1 aromatic heterocycles. The zero-order valence-corrected chi connectivity index (χ0v) is 15.5. The fourth-order valence-corrected chi connectivity index (χ4v) is 4.27. The molecule has 1 saturated carbocycles. The van der Waals surface area contributed by atoms with Gasteiger partial charge in [-0.1, -0.05) is 37.7 Å². The van der Waals surface area contributed by atoms with Gasteiger partial charge in [0.05, 0.1) is 5.25 Å². The Morgan fingerprint density at radius 3 is 2.56 bits per heavy atom. The summed E-state index contributed by atoms with van der Waals surface area (Å²) in [6.45, 7) is 5.20. The number of likely N-dealkylation sites (tertiary alicyclic amines) is 1. The molecular formula is C19H23N3O2S. The van der Waals surface area contributed by atoms with Crippen molar-refractivity contribution in [3.05, 3.63) is 29.8 Å². The summed E-state index contributed by atoms with van der Waals surface area (Å²) in [4.78, 5) is 14.6. The second-order valence-corrected chi connectivity index (χ2v) is 8.32. The standard InChI is InChI=1S/C19H23N3O2S/c1-12(2)13-6-8-14(9-7-13)17-20-21-19(24-17)25-16-10-11-22(18(16)23)15-4-3-5-15/h6-9,12,15-16H,3-5,10-11H2,1-2H3. The van der Waals surface area contributed by atoms with Crippen molar-refractivity contribution >= 4 is 17.7 Å². The quantitative estimate of drug-likeness (QED) is 0.806. The van der Waals surface area contributed by atoms with Crippen molar-refractivity contribution in [3.63, 3.8) is 0 Å². The first kappa shape index (κ1) is 16.6. The molecule has 1 aromatic carbocycles. The van der Waals surface area contributed by atoms with E-state index in [4.69, 9.17) is 4.42 Å². The first-order valence-electron chi connectivity index (χ1n) is 9.03. The summed E-state index contributed by atoms with van der Waals surface area (Å²) < 4.78 is 5.79. The number of carbonyl (C=O) groups is 1. The highest BCUT2D eigenvalue weighted by Crippen LogP contribution is 2.35. The number of aromatic nitrogens is 2. The van der Waals surface area contributed by atoms with Crippen LogP contribution in [-0.2, 0) is 4.79 Å². The average Bonchev–Trinajstić information content (AvgIpc) is 3.16. The number of hydrogen-bond acceptors (Lipinski definition) is 5. The lowest BCUT2D eigenvalue weighted by atomic mass is 9.92. The molecule has 4 rings (SSSR count). The predicted molar refractivity (Wildman–Crippen MR) is 97.4 cm³/mol. The molecule has 0 bridgehead atoms. The van der Waals surface area contributed by atoms with Crippen molar-refractivity contribution in [1.82, 2.24) is 15.1 Å². The highest BCUT2D eigenvalue weighted by Gasteiger charge is 2.39. The lowest BCUT2D eigenvalue weighted by molar-refractivity contribution is -0.130. The van der Waals surface area contributed by atoms with Gasteiger partial charge >= 0.3 is 0 Å². The molecule has 0 N–H and O–H groups in total. The molecule has 1 amide bonds. The third kappa shape index (κ3) is 3.32. The van der Waals surface area contributed by atoms with Gasteiger partial charge in [0.1, 0.15) is 0 Å². The van der Waals surface area contributed by atoms with E-state index in [1.807, 2.05) is 17.0 Å². The summed E-state index contributed by atoms with van der Waals surface area (Å²) >= 11 is 1.41. The number of rotatable bonds is 5. The Bertz CT molecular complexity index is 752. The molecule has 1 aliphatic carbocycles. The molecule has 1 aliphatic heterocycles. The number of benzene rings is 1. The molecular weight excluding hydrogens is 334 g/mol. The Labute approximate surface area is 152 Å². The molecule has 0 radical (unpaired) electrons. The third-order valence-electron chi connectivity index (χ3n) is 5.18. The van der Waals surface area contributed by atoms with Crippen LogP contribution in [0.4, 0.5) is 0 Å². The first-order chi connectivity index (χ1) is 12.1. The minimum absolute atomic E-state index is 0.0859. The summed E-state index contributed by atoms with van der Waals surface area (Å²) in [5, 5.41) is 8.67. The second-order valence-electron chi connectivity index (χ2n) is 7.16. The molecule has 2 aromatic rings. The Kier molecular flexibility index (Phi) is 4.54. The number of thioether (sulfide) groups is 1. The van der Waals surface area contributed by atoms with Gasteiger partial charge in [-0.2, -0.15) is 0 Å². The van der Waals surface area contributed by atoms with Crippen molar-refractivity contribution in [3.8, 4) is 11.5 Å². The van der Waals surface area contributed by atoms with Gasteiger partial charge in [-0.15, -0.1) is 10.2 Å². The monoisotopic (exact) mass is 357 g/mol. The molecule has 0 spiro atoms. The molecule has 2 fully saturated rings. The molecule has 1 atom stereocenters. The highest BCUT2D eigenvalue weighted by atomic mass is 32.2. The zero-order chi connectivity index (χ0) is 17.4. The van der Waals surface area contributed by atoms with Crippen molar-refractivity contribution in [2.45, 2.75) is 62.0 Å². The van der Waals surface area contributed by atoms with Gasteiger partial charge < -0.3 is 9.32 Å². The Hall–Kier alpha value is -1.82. The lowest BCUT2D eigenvalue weighted by Gasteiger charge is -2.34. The van der Waals surface area contributed by atoms with Gasteiger partial charge in [0.25, 0.3) is 5.22 Å². The molecule has 25 heavy (non-hydrogen) atoms. The lowest BCUT2D eigenvalue weighted by Crippen LogP contribution is -2.42. The summed E-state index contributed by atoms with van der Waals surface area (Å²) in [5.41, 5.74) is 2.20. The number of carbonyl (C=O) groups excluding carboxylic acids is 1. The molecule has 132 valence electrons. The normalized spacial score (nSPS) is 21.2. The van der Waals surface area contributed by atoms with Gasteiger partial charge in [-0.3, -0.25) is 4.79 Å². The molecule has 1 unspecified atom stereocenters. The van der Waals surface area contributed by atoms with Crippen LogP contribution in [0.5, 0.6) is 0 Å². The van der Waals surface area contributed by atoms with E-state index in [9.17, 15) is 4.79 Å². The van der Waals surface area contributed by atoms with Gasteiger partial charge in [-0.25, -0.2) is 0 Å². The van der Waals surface area contributed by atoms with Crippen LogP contribution in [0.1, 0.15) is 51.0 Å². The van der Waals surface area contributed by atoms with Crippen LogP contribution in [0.3, 0.4) is 0 Å². The minimum atomic E-state index is -0.0859. The smallest absolute Gasteiger partial charge is 0.277 e. The largest absolute Gasteiger partial charge is 0.411 e. The van der Waals surface area contributed by atoms with Crippen molar-refractivity contribution in [1.29, 1.82) is 0 Å². The van der Waals surface area contributed by atoms with Crippen LogP contribution in [-0.4, -0.2) is 38.8 Å². The second kappa shape index (κ2) is 6.83. The van der Waals surface area contributed by atoms with Gasteiger partial charge in [0, 0.05) is 18.2 Å². The molecule has 2 aliphatic rings. The summed E-state index contributed by atoms with van der Waals surface area (Å²) in [5.74, 6) is 1.24. The Morgan fingerprint density at radius 1 is 1.16 bits per heavy atom. The summed E-state index contributed by atoms with van der Waals surface area (Å²) in [7, 11) is 0. The van der Waals surface area contributed by atoms with Crippen LogP contribution >= 0.6 is 11.8 Å². The predicted octanol–water partition coefficient (Wildman–Crippen LogP) is 4.11. The van der Waals surface area contributed by atoms with E-state index in [-0.39, 0.29) is 11.2 Å². The van der Waals surface area contributed by atoms with Crippen LogP contribution in [0.15, 0.2) is 33.9 Å². The van der Waals surface area contributed by atoms with E-state index in [0.29, 0.717) is 23.1 Å². The topological polar surface area (TPSA) is 59.2 Å². The van der Waals surface area contributed by atoms with Crippen LogP contribution in [0.2, 0.25) is 0 Å². The van der Waals surface area contributed by atoms with Crippen molar-refractivity contribution in [2.24, 2.45) is 0 Å². The average molecular weight is 357 g/mol. The first-order valence-corrected chi connectivity index (χ1v) is 9.91. The Balaban J connectivity index is 1.42. The van der Waals surface area contributed by atoms with Crippen LogP contribution < -0.4 is 0 Å². The highest BCUT2D eigenvalue weighted by molar-refractivity contribution is 8.00. The van der Waals surface area contributed by atoms with E-state index in [1.165, 1.54) is 23.7 Å². The van der Waals surface area contributed by atoms with E-state index < -0.39 is 0 Å². The maximum Gasteiger partial charge on any atom is 0.277 e. The maximum atomic E-state index is 12.5. The SMILES string of the molecule is CC(C)c1ccc(-c2nnc(SC3CCN(C4CCC4)C3=O)o2)cc1. The summed E-state index contributed by atoms with van der Waals surface area (Å²) in [6, 6.07) is 8.67. The van der Waals surface area contributed by atoms with E-state index in [1.54, 1.807) is 0 Å². The minimum Gasteiger partial charge on any atom is -0.411 e. The third-order valence-corrected chi connectivity index (χ3v) is 6.27. The fraction of sp³-hybridized carbons (Fsp3) is 0.526. The van der Waals surface area contributed by atoms with E-state index in [2.05, 4.69) is 36.2 Å². The van der Waals surface area contributed by atoms with E-state index in [0.717, 1.165) is 31.4 Å². The fourth-order valence-electron chi connectivity index (χ4n) is 3.35. The molecule has 1 saturated heterocycles. The maximum absolute atomic E-state index is 12.5. The number of amides is 1. The van der Waals surface area contributed by atoms with Crippen LogP contribution in [0, 0.1) is 0 Å².